The van der Waals surface area contributed by atoms with E-state index in [9.17, 15) is 9.90 Å². The largest absolute Gasteiger partial charge is 0.492 e. The van der Waals surface area contributed by atoms with E-state index in [1.807, 2.05) is 30.3 Å². The van der Waals surface area contributed by atoms with Gasteiger partial charge in [-0.05, 0) is 36.4 Å². The second-order valence-electron chi connectivity index (χ2n) is 5.48. The molecule has 3 heterocycles. The predicted octanol–water partition coefficient (Wildman–Crippen LogP) is 3.48. The van der Waals surface area contributed by atoms with Crippen LogP contribution < -0.4 is 10.1 Å². The molecular formula is C19H14N4O3. The van der Waals surface area contributed by atoms with E-state index in [0.29, 0.717) is 22.8 Å². The van der Waals surface area contributed by atoms with Gasteiger partial charge in [0.2, 0.25) is 5.88 Å². The molecule has 128 valence electrons. The molecule has 7 nitrogen and oxygen atoms in total. The molecule has 4 aromatic rings. The lowest BCUT2D eigenvalue weighted by molar-refractivity contribution is 0.102. The summed E-state index contributed by atoms with van der Waals surface area (Å²) in [6.45, 7) is 0. The molecular weight excluding hydrogens is 332 g/mol. The highest BCUT2D eigenvalue weighted by atomic mass is 16.5. The van der Waals surface area contributed by atoms with Crippen molar-refractivity contribution in [3.8, 4) is 17.4 Å². The van der Waals surface area contributed by atoms with Gasteiger partial charge in [-0.15, -0.1) is 5.10 Å². The molecule has 0 aliphatic rings. The molecule has 0 aliphatic heterocycles. The quantitative estimate of drug-likeness (QED) is 0.590. The minimum Gasteiger partial charge on any atom is -0.492 e. The summed E-state index contributed by atoms with van der Waals surface area (Å²) in [5.74, 6) is 0.756. The standard InChI is InChI=1S/C19H14N4O3/c24-18(17-15-8-4-5-11-23(15)22-19(17)25)21-16-10-9-14(12-20-16)26-13-6-2-1-3-7-13/h1-12H,(H,22,25)(H,20,21,24). The van der Waals surface area contributed by atoms with Crippen molar-refractivity contribution < 1.29 is 14.6 Å². The minimum atomic E-state index is -0.493. The van der Waals surface area contributed by atoms with Crippen LogP contribution in [0.25, 0.3) is 5.52 Å². The van der Waals surface area contributed by atoms with Gasteiger partial charge < -0.3 is 15.2 Å². The van der Waals surface area contributed by atoms with Crippen LogP contribution in [0.1, 0.15) is 10.4 Å². The van der Waals surface area contributed by atoms with Gasteiger partial charge in [0.15, 0.2) is 0 Å². The third kappa shape index (κ3) is 3.05. The highest BCUT2D eigenvalue weighted by Gasteiger charge is 2.19. The van der Waals surface area contributed by atoms with Gasteiger partial charge in [-0.1, -0.05) is 24.3 Å². The first kappa shape index (κ1) is 15.6. The van der Waals surface area contributed by atoms with Crippen molar-refractivity contribution in [2.24, 2.45) is 0 Å². The third-order valence-corrected chi connectivity index (χ3v) is 3.71. The second-order valence-corrected chi connectivity index (χ2v) is 5.48. The van der Waals surface area contributed by atoms with E-state index < -0.39 is 5.91 Å². The average Bonchev–Trinajstić information content (AvgIpc) is 3.00. The van der Waals surface area contributed by atoms with Crippen LogP contribution in [-0.4, -0.2) is 25.6 Å². The number of fused-ring (bicyclic) bond motifs is 1. The molecule has 0 aliphatic carbocycles. The summed E-state index contributed by atoms with van der Waals surface area (Å²) >= 11 is 0. The number of ether oxygens (including phenoxy) is 1. The van der Waals surface area contributed by atoms with Gasteiger partial charge in [0.05, 0.1) is 11.7 Å². The Morgan fingerprint density at radius 1 is 1.00 bits per heavy atom. The number of benzene rings is 1. The molecule has 0 fully saturated rings. The first-order valence-electron chi connectivity index (χ1n) is 7.87. The summed E-state index contributed by atoms with van der Waals surface area (Å²) in [7, 11) is 0. The molecule has 1 amide bonds. The van der Waals surface area contributed by atoms with E-state index in [1.54, 1.807) is 36.5 Å². The predicted molar refractivity (Wildman–Crippen MR) is 95.6 cm³/mol. The molecule has 1 aromatic carbocycles. The molecule has 0 spiro atoms. The van der Waals surface area contributed by atoms with Crippen molar-refractivity contribution in [3.05, 3.63) is 78.6 Å². The Bertz CT molecular complexity index is 1060. The van der Waals surface area contributed by atoms with Crippen LogP contribution in [0.3, 0.4) is 0 Å². The number of anilines is 1. The highest BCUT2D eigenvalue weighted by molar-refractivity contribution is 6.10. The van der Waals surface area contributed by atoms with Crippen molar-refractivity contribution in [1.29, 1.82) is 0 Å². The van der Waals surface area contributed by atoms with E-state index >= 15 is 0 Å². The summed E-state index contributed by atoms with van der Waals surface area (Å²) in [5, 5.41) is 16.5. The van der Waals surface area contributed by atoms with Crippen LogP contribution in [0.4, 0.5) is 5.82 Å². The SMILES string of the molecule is O=C(Nc1ccc(Oc2ccccc2)cn1)c1c(O)nn2ccccc12. The Labute approximate surface area is 148 Å². The average molecular weight is 346 g/mol. The lowest BCUT2D eigenvalue weighted by atomic mass is 10.2. The van der Waals surface area contributed by atoms with Crippen LogP contribution in [0, 0.1) is 0 Å². The fourth-order valence-electron chi connectivity index (χ4n) is 2.52. The number of amides is 1. The fourth-order valence-corrected chi connectivity index (χ4v) is 2.52. The molecule has 2 N–H and O–H groups in total. The Kier molecular flexibility index (Phi) is 3.95. The maximum Gasteiger partial charge on any atom is 0.264 e. The normalized spacial score (nSPS) is 10.6. The molecule has 0 unspecified atom stereocenters. The van der Waals surface area contributed by atoms with E-state index in [1.165, 1.54) is 10.7 Å². The number of hydrogen-bond acceptors (Lipinski definition) is 5. The summed E-state index contributed by atoms with van der Waals surface area (Å²) in [5.41, 5.74) is 0.601. The van der Waals surface area contributed by atoms with Crippen LogP contribution in [0.5, 0.6) is 17.4 Å². The van der Waals surface area contributed by atoms with E-state index in [4.69, 9.17) is 4.74 Å². The number of para-hydroxylation sites is 1. The molecule has 4 rings (SSSR count). The smallest absolute Gasteiger partial charge is 0.264 e. The maximum absolute atomic E-state index is 12.5. The summed E-state index contributed by atoms with van der Waals surface area (Å²) in [6, 6.07) is 17.9. The number of pyridine rings is 2. The van der Waals surface area contributed by atoms with Gasteiger partial charge in [0.25, 0.3) is 5.91 Å². The van der Waals surface area contributed by atoms with Gasteiger partial charge in [0, 0.05) is 6.20 Å². The molecule has 0 saturated carbocycles. The van der Waals surface area contributed by atoms with Crippen LogP contribution in [-0.2, 0) is 0 Å². The first-order chi connectivity index (χ1) is 12.7. The number of rotatable bonds is 4. The minimum absolute atomic E-state index is 0.0945. The molecule has 0 radical (unpaired) electrons. The van der Waals surface area contributed by atoms with Gasteiger partial charge in [-0.3, -0.25) is 4.79 Å². The second kappa shape index (κ2) is 6.56. The number of nitrogens with one attached hydrogen (secondary N) is 1. The van der Waals surface area contributed by atoms with Crippen LogP contribution in [0.15, 0.2) is 73.1 Å². The Morgan fingerprint density at radius 2 is 1.81 bits per heavy atom. The highest BCUT2D eigenvalue weighted by Crippen LogP contribution is 2.24. The Balaban J connectivity index is 1.52. The molecule has 0 bridgehead atoms. The molecule has 0 atom stereocenters. The van der Waals surface area contributed by atoms with Crippen molar-refractivity contribution in [2.45, 2.75) is 0 Å². The number of aromatic hydroxyl groups is 1. The Morgan fingerprint density at radius 3 is 2.58 bits per heavy atom. The maximum atomic E-state index is 12.5. The van der Waals surface area contributed by atoms with Gasteiger partial charge >= 0.3 is 0 Å². The monoisotopic (exact) mass is 346 g/mol. The van der Waals surface area contributed by atoms with E-state index in [-0.39, 0.29) is 11.4 Å². The molecule has 0 saturated heterocycles. The number of aromatic nitrogens is 3. The van der Waals surface area contributed by atoms with Crippen molar-refractivity contribution >= 4 is 17.2 Å². The van der Waals surface area contributed by atoms with Gasteiger partial charge in [-0.2, -0.15) is 0 Å². The summed E-state index contributed by atoms with van der Waals surface area (Å²) in [6.07, 6.45) is 3.17. The summed E-state index contributed by atoms with van der Waals surface area (Å²) in [4.78, 5) is 16.7. The van der Waals surface area contributed by atoms with Crippen LogP contribution >= 0.6 is 0 Å². The number of nitrogens with zero attached hydrogens (tertiary/aromatic N) is 3. The zero-order valence-electron chi connectivity index (χ0n) is 13.5. The summed E-state index contributed by atoms with van der Waals surface area (Å²) < 4.78 is 7.10. The van der Waals surface area contributed by atoms with Crippen molar-refractivity contribution in [1.82, 2.24) is 14.6 Å². The number of carbonyl (C=O) groups excluding carboxylic acids is 1. The molecule has 7 heteroatoms. The Hall–Kier alpha value is -3.87. The third-order valence-electron chi connectivity index (χ3n) is 3.71. The van der Waals surface area contributed by atoms with E-state index in [2.05, 4.69) is 15.4 Å². The topological polar surface area (TPSA) is 88.8 Å². The zero-order valence-corrected chi connectivity index (χ0v) is 13.5. The number of carbonyl (C=O) groups is 1. The number of hydrogen-bond donors (Lipinski definition) is 2. The van der Waals surface area contributed by atoms with Gasteiger partial charge in [-0.25, -0.2) is 9.50 Å². The van der Waals surface area contributed by atoms with Gasteiger partial charge in [0.1, 0.15) is 22.9 Å². The molecule has 26 heavy (non-hydrogen) atoms. The molecule has 3 aromatic heterocycles. The first-order valence-corrected chi connectivity index (χ1v) is 7.87. The zero-order chi connectivity index (χ0) is 17.9. The fraction of sp³-hybridized carbons (Fsp3) is 0. The van der Waals surface area contributed by atoms with Crippen LogP contribution in [0.2, 0.25) is 0 Å². The lowest BCUT2D eigenvalue weighted by Gasteiger charge is -2.07. The van der Waals surface area contributed by atoms with Crippen molar-refractivity contribution in [2.75, 3.05) is 5.32 Å². The van der Waals surface area contributed by atoms with E-state index in [0.717, 1.165) is 0 Å². The van der Waals surface area contributed by atoms with Crippen molar-refractivity contribution in [3.63, 3.8) is 0 Å². The lowest BCUT2D eigenvalue weighted by Crippen LogP contribution is -2.12.